The highest BCUT2D eigenvalue weighted by Crippen LogP contribution is 2.15. The van der Waals surface area contributed by atoms with Crippen LogP contribution >= 0.6 is 11.3 Å². The van der Waals surface area contributed by atoms with Crippen LogP contribution in [0.2, 0.25) is 0 Å². The predicted molar refractivity (Wildman–Crippen MR) is 135 cm³/mol. The van der Waals surface area contributed by atoms with Crippen molar-refractivity contribution in [2.24, 2.45) is 0 Å². The minimum Gasteiger partial charge on any atom is -0.480 e. The van der Waals surface area contributed by atoms with Gasteiger partial charge in [-0.15, -0.1) is 11.3 Å². The van der Waals surface area contributed by atoms with E-state index in [9.17, 15) is 29.1 Å². The summed E-state index contributed by atoms with van der Waals surface area (Å²) in [5.74, 6) is -3.53. The van der Waals surface area contributed by atoms with Crippen LogP contribution in [0.25, 0.3) is 0 Å². The molecule has 0 fully saturated rings. The lowest BCUT2D eigenvalue weighted by Crippen LogP contribution is -2.47. The van der Waals surface area contributed by atoms with E-state index in [1.165, 1.54) is 5.38 Å². The van der Waals surface area contributed by atoms with Gasteiger partial charge in [-0.05, 0) is 24.3 Å². The molecule has 0 spiro atoms. The van der Waals surface area contributed by atoms with E-state index in [1.54, 1.807) is 48.8 Å². The van der Waals surface area contributed by atoms with Crippen LogP contribution in [0, 0.1) is 0 Å². The molecule has 3 aromatic heterocycles. The molecule has 0 bridgehead atoms. The van der Waals surface area contributed by atoms with Gasteiger partial charge in [-0.3, -0.25) is 29.7 Å². The lowest BCUT2D eigenvalue weighted by atomic mass is 10.2. The maximum atomic E-state index is 12.3. The summed E-state index contributed by atoms with van der Waals surface area (Å²) in [6.45, 7) is -0.251. The number of rotatable bonds is 12. The van der Waals surface area contributed by atoms with Gasteiger partial charge in [0.15, 0.2) is 5.13 Å². The molecular weight excluding hydrogens is 516 g/mol. The molecule has 198 valence electrons. The van der Waals surface area contributed by atoms with Crippen LogP contribution in [0.4, 0.5) is 9.93 Å². The van der Waals surface area contributed by atoms with Crippen molar-refractivity contribution < 1.29 is 29.1 Å². The van der Waals surface area contributed by atoms with E-state index >= 15 is 0 Å². The second-order valence-corrected chi connectivity index (χ2v) is 8.47. The number of nitrogens with zero attached hydrogens (tertiary/aromatic N) is 3. The van der Waals surface area contributed by atoms with Crippen molar-refractivity contribution in [1.29, 1.82) is 0 Å². The van der Waals surface area contributed by atoms with Crippen molar-refractivity contribution >= 4 is 46.2 Å². The molecule has 0 aliphatic rings. The first kappa shape index (κ1) is 27.7. The van der Waals surface area contributed by atoms with Crippen LogP contribution in [0.5, 0.6) is 0 Å². The topological polar surface area (TPSA) is 204 Å². The molecule has 0 aromatic carbocycles. The fourth-order valence-electron chi connectivity index (χ4n) is 2.90. The van der Waals surface area contributed by atoms with E-state index in [0.717, 1.165) is 11.3 Å². The number of hydrogen-bond donors (Lipinski definition) is 6. The molecule has 3 aromatic rings. The average molecular weight is 541 g/mol. The molecule has 0 aliphatic heterocycles. The van der Waals surface area contributed by atoms with Gasteiger partial charge in [0.1, 0.15) is 11.7 Å². The number of amides is 5. The number of nitrogens with one attached hydrogen (secondary N) is 5. The van der Waals surface area contributed by atoms with Crippen molar-refractivity contribution in [3.8, 4) is 0 Å². The number of aromatic nitrogens is 3. The Morgan fingerprint density at radius 1 is 0.868 bits per heavy atom. The van der Waals surface area contributed by atoms with E-state index in [1.807, 2.05) is 0 Å². The SMILES string of the molecule is O=C(C[C@H](NC(=O)CNC(=O)c1csc(NC(=O)NCc2ccccn2)n1)C(=O)O)NCc1ccccn1. The van der Waals surface area contributed by atoms with E-state index < -0.39 is 48.7 Å². The Balaban J connectivity index is 1.40. The van der Waals surface area contributed by atoms with Crippen LogP contribution in [-0.4, -0.2) is 62.4 Å². The first-order valence-corrected chi connectivity index (χ1v) is 12.1. The average Bonchev–Trinajstić information content (AvgIpc) is 3.38. The third-order valence-corrected chi connectivity index (χ3v) is 5.50. The number of pyridine rings is 2. The highest BCUT2D eigenvalue weighted by atomic mass is 32.1. The number of thiazole rings is 1. The van der Waals surface area contributed by atoms with Gasteiger partial charge < -0.3 is 26.4 Å². The molecule has 0 unspecified atom stereocenters. The standard InChI is InChI=1S/C23H24N8O6S/c32-18(26-10-14-5-1-3-7-24-14)9-16(21(35)36)29-19(33)12-27-20(34)17-13-38-23(30-17)31-22(37)28-11-15-6-2-4-8-25-15/h1-8,13,16H,9-12H2,(H,26,32)(H,27,34)(H,29,33)(H,35,36)(H2,28,30,31,37)/t16-/m0/s1. The van der Waals surface area contributed by atoms with Gasteiger partial charge in [0, 0.05) is 17.8 Å². The minimum atomic E-state index is -1.50. The first-order valence-electron chi connectivity index (χ1n) is 11.2. The lowest BCUT2D eigenvalue weighted by molar-refractivity contribution is -0.143. The van der Waals surface area contributed by atoms with Crippen molar-refractivity contribution in [3.05, 3.63) is 71.3 Å². The zero-order valence-corrected chi connectivity index (χ0v) is 20.7. The summed E-state index contributed by atoms with van der Waals surface area (Å²) in [5.41, 5.74) is 1.20. The van der Waals surface area contributed by atoms with Crippen LogP contribution in [-0.2, 0) is 27.5 Å². The van der Waals surface area contributed by atoms with Gasteiger partial charge in [0.05, 0.1) is 37.4 Å². The third kappa shape index (κ3) is 9.27. The van der Waals surface area contributed by atoms with E-state index in [2.05, 4.69) is 41.5 Å². The quantitative estimate of drug-likeness (QED) is 0.186. The maximum absolute atomic E-state index is 12.3. The number of anilines is 1. The molecule has 3 rings (SSSR count). The van der Waals surface area contributed by atoms with Crippen LogP contribution in [0.15, 0.2) is 54.2 Å². The van der Waals surface area contributed by atoms with Gasteiger partial charge in [-0.2, -0.15) is 0 Å². The van der Waals surface area contributed by atoms with Crippen LogP contribution < -0.4 is 26.6 Å². The largest absolute Gasteiger partial charge is 0.480 e. The van der Waals surface area contributed by atoms with Crippen LogP contribution in [0.3, 0.4) is 0 Å². The molecule has 0 saturated carbocycles. The third-order valence-electron chi connectivity index (χ3n) is 4.74. The van der Waals surface area contributed by atoms with Gasteiger partial charge in [0.25, 0.3) is 5.91 Å². The molecule has 5 amide bonds. The van der Waals surface area contributed by atoms with Crippen molar-refractivity contribution in [3.63, 3.8) is 0 Å². The highest BCUT2D eigenvalue weighted by molar-refractivity contribution is 7.14. The number of hydrogen-bond acceptors (Lipinski definition) is 9. The molecule has 0 radical (unpaired) electrons. The Morgan fingerprint density at radius 2 is 1.53 bits per heavy atom. The molecule has 1 atom stereocenters. The molecule has 0 aliphatic carbocycles. The Kier molecular flexibility index (Phi) is 10.2. The smallest absolute Gasteiger partial charge is 0.326 e. The van der Waals surface area contributed by atoms with Gasteiger partial charge in [-0.25, -0.2) is 14.6 Å². The Bertz CT molecular complexity index is 1270. The normalized spacial score (nSPS) is 11.1. The zero-order chi connectivity index (χ0) is 27.3. The second kappa shape index (κ2) is 14.0. The molecule has 6 N–H and O–H groups in total. The minimum absolute atomic E-state index is 0.0495. The Hall–Kier alpha value is -4.92. The molecule has 38 heavy (non-hydrogen) atoms. The van der Waals surface area contributed by atoms with Crippen molar-refractivity contribution in [2.75, 3.05) is 11.9 Å². The Morgan fingerprint density at radius 3 is 2.13 bits per heavy atom. The van der Waals surface area contributed by atoms with Gasteiger partial charge in [0.2, 0.25) is 11.8 Å². The zero-order valence-electron chi connectivity index (χ0n) is 19.8. The fourth-order valence-corrected chi connectivity index (χ4v) is 3.58. The van der Waals surface area contributed by atoms with Crippen molar-refractivity contribution in [2.45, 2.75) is 25.6 Å². The number of aliphatic carboxylic acids is 1. The number of carbonyl (C=O) groups excluding carboxylic acids is 4. The van der Waals surface area contributed by atoms with E-state index in [0.29, 0.717) is 11.4 Å². The fraction of sp³-hybridized carbons (Fsp3) is 0.217. The summed E-state index contributed by atoms with van der Waals surface area (Å²) in [7, 11) is 0. The number of carbonyl (C=O) groups is 5. The second-order valence-electron chi connectivity index (χ2n) is 7.61. The summed E-state index contributed by atoms with van der Waals surface area (Å²) in [6, 6.07) is 8.41. The maximum Gasteiger partial charge on any atom is 0.326 e. The number of carboxylic acid groups (broad SMARTS) is 1. The molecule has 15 heteroatoms. The first-order chi connectivity index (χ1) is 18.3. The summed E-state index contributed by atoms with van der Waals surface area (Å²) in [6.07, 6.45) is 2.65. The predicted octanol–water partition coefficient (Wildman–Crippen LogP) is 0.261. The van der Waals surface area contributed by atoms with Gasteiger partial charge in [-0.1, -0.05) is 12.1 Å². The molecule has 3 heterocycles. The summed E-state index contributed by atoms with van der Waals surface area (Å²) >= 11 is 1.000. The molecule has 14 nitrogen and oxygen atoms in total. The number of urea groups is 1. The Labute approximate surface area is 220 Å². The molecule has 0 saturated heterocycles. The highest BCUT2D eigenvalue weighted by Gasteiger charge is 2.24. The van der Waals surface area contributed by atoms with Gasteiger partial charge >= 0.3 is 12.0 Å². The summed E-state index contributed by atoms with van der Waals surface area (Å²) in [5, 5.41) is 23.0. The summed E-state index contributed by atoms with van der Waals surface area (Å²) in [4.78, 5) is 72.2. The molecular formula is C23H24N8O6S. The van der Waals surface area contributed by atoms with Crippen molar-refractivity contribution in [1.82, 2.24) is 36.2 Å². The monoisotopic (exact) mass is 540 g/mol. The van der Waals surface area contributed by atoms with E-state index in [4.69, 9.17) is 0 Å². The van der Waals surface area contributed by atoms with Crippen LogP contribution in [0.1, 0.15) is 28.3 Å². The van der Waals surface area contributed by atoms with E-state index in [-0.39, 0.29) is 23.9 Å². The number of carboxylic acids is 1. The summed E-state index contributed by atoms with van der Waals surface area (Å²) < 4.78 is 0. The lowest BCUT2D eigenvalue weighted by Gasteiger charge is -2.14.